The summed E-state index contributed by atoms with van der Waals surface area (Å²) in [5.74, 6) is -2.55. The van der Waals surface area contributed by atoms with Crippen LogP contribution in [0, 0.1) is 18.6 Å². The second-order valence-electron chi connectivity index (χ2n) is 5.98. The van der Waals surface area contributed by atoms with Crippen molar-refractivity contribution in [1.82, 2.24) is 4.31 Å². The van der Waals surface area contributed by atoms with Crippen molar-refractivity contribution in [3.63, 3.8) is 0 Å². The number of ether oxygens (including phenoxy) is 1. The number of hydrogen-bond acceptors (Lipinski definition) is 4. The van der Waals surface area contributed by atoms with E-state index in [0.29, 0.717) is 24.7 Å². The minimum Gasteiger partial charge on any atom is -0.481 e. The van der Waals surface area contributed by atoms with Crippen LogP contribution in [-0.2, 0) is 14.8 Å². The van der Waals surface area contributed by atoms with Gasteiger partial charge in [-0.3, -0.25) is 4.79 Å². The van der Waals surface area contributed by atoms with E-state index in [1.54, 1.807) is 32.9 Å². The summed E-state index contributed by atoms with van der Waals surface area (Å²) >= 11 is 0. The van der Waals surface area contributed by atoms with Gasteiger partial charge in [-0.25, -0.2) is 17.2 Å². The molecule has 0 atom stereocenters. The number of carbonyl (C=O) groups excluding carboxylic acids is 1. The second-order valence-corrected chi connectivity index (χ2v) is 7.89. The number of amides is 1. The summed E-state index contributed by atoms with van der Waals surface area (Å²) in [6, 6.07) is 7.27. The minimum atomic E-state index is -3.69. The van der Waals surface area contributed by atoms with Gasteiger partial charge in [0.1, 0.15) is 5.82 Å². The highest BCUT2D eigenvalue weighted by molar-refractivity contribution is 7.89. The molecule has 1 N–H and O–H groups in total. The van der Waals surface area contributed by atoms with Crippen LogP contribution in [0.5, 0.6) is 5.75 Å². The van der Waals surface area contributed by atoms with Crippen molar-refractivity contribution in [2.24, 2.45) is 0 Å². The maximum absolute atomic E-state index is 13.5. The lowest BCUT2D eigenvalue weighted by Crippen LogP contribution is -2.31. The van der Waals surface area contributed by atoms with Crippen LogP contribution in [0.2, 0.25) is 0 Å². The Balaban J connectivity index is 2.13. The molecule has 1 amide bonds. The average molecular weight is 412 g/mol. The molecule has 0 aliphatic heterocycles. The monoisotopic (exact) mass is 412 g/mol. The first-order valence-electron chi connectivity index (χ1n) is 8.67. The quantitative estimate of drug-likeness (QED) is 0.722. The predicted octanol–water partition coefficient (Wildman–Crippen LogP) is 3.32. The number of nitrogens with one attached hydrogen (secondary N) is 1. The fourth-order valence-electron chi connectivity index (χ4n) is 2.59. The summed E-state index contributed by atoms with van der Waals surface area (Å²) in [6.07, 6.45) is 0. The zero-order chi connectivity index (χ0) is 20.9. The topological polar surface area (TPSA) is 75.7 Å². The minimum absolute atomic E-state index is 0.0968. The van der Waals surface area contributed by atoms with Gasteiger partial charge in [0.15, 0.2) is 18.2 Å². The van der Waals surface area contributed by atoms with E-state index in [9.17, 15) is 22.0 Å². The Bertz CT molecular complexity index is 960. The summed E-state index contributed by atoms with van der Waals surface area (Å²) < 4.78 is 58.3. The van der Waals surface area contributed by atoms with Crippen molar-refractivity contribution >= 4 is 21.6 Å². The van der Waals surface area contributed by atoms with Gasteiger partial charge in [-0.1, -0.05) is 19.9 Å². The third-order valence-electron chi connectivity index (χ3n) is 4.05. The molecule has 0 fully saturated rings. The number of sulfonamides is 1. The molecule has 152 valence electrons. The highest BCUT2D eigenvalue weighted by atomic mass is 32.2. The molecule has 0 unspecified atom stereocenters. The van der Waals surface area contributed by atoms with Crippen LogP contribution >= 0.6 is 0 Å². The number of nitrogens with zero attached hydrogens (tertiary/aromatic N) is 1. The molecule has 2 rings (SSSR count). The SMILES string of the molecule is CCN(CC)S(=O)(=O)c1cc(NC(=O)COc2ccc(F)cc2F)ccc1C. The average Bonchev–Trinajstić information content (AvgIpc) is 2.63. The van der Waals surface area contributed by atoms with Crippen LogP contribution < -0.4 is 10.1 Å². The molecule has 2 aromatic rings. The van der Waals surface area contributed by atoms with Gasteiger partial charge in [-0.2, -0.15) is 4.31 Å². The maximum atomic E-state index is 13.5. The first kappa shape index (κ1) is 21.8. The maximum Gasteiger partial charge on any atom is 0.262 e. The highest BCUT2D eigenvalue weighted by Gasteiger charge is 2.24. The van der Waals surface area contributed by atoms with E-state index < -0.39 is 34.2 Å². The lowest BCUT2D eigenvalue weighted by Gasteiger charge is -2.20. The molecule has 0 aromatic heterocycles. The first-order chi connectivity index (χ1) is 13.2. The van der Waals surface area contributed by atoms with Crippen molar-refractivity contribution in [2.45, 2.75) is 25.7 Å². The Labute approximate surface area is 163 Å². The second kappa shape index (κ2) is 9.11. The summed E-state index contributed by atoms with van der Waals surface area (Å²) in [7, 11) is -3.69. The van der Waals surface area contributed by atoms with Crippen molar-refractivity contribution in [3.8, 4) is 5.75 Å². The fraction of sp³-hybridized carbons (Fsp3) is 0.316. The zero-order valence-electron chi connectivity index (χ0n) is 15.8. The van der Waals surface area contributed by atoms with Gasteiger partial charge in [0.25, 0.3) is 5.91 Å². The van der Waals surface area contributed by atoms with Crippen LogP contribution in [0.1, 0.15) is 19.4 Å². The number of hydrogen-bond donors (Lipinski definition) is 1. The largest absolute Gasteiger partial charge is 0.481 e. The van der Waals surface area contributed by atoms with Crippen molar-refractivity contribution in [1.29, 1.82) is 0 Å². The van der Waals surface area contributed by atoms with Crippen LogP contribution in [0.15, 0.2) is 41.3 Å². The third kappa shape index (κ3) is 5.05. The summed E-state index contributed by atoms with van der Waals surface area (Å²) in [6.45, 7) is 5.29. The van der Waals surface area contributed by atoms with Crippen molar-refractivity contribution < 1.29 is 26.7 Å². The molecule has 0 spiro atoms. The number of benzene rings is 2. The fourth-order valence-corrected chi connectivity index (χ4v) is 4.30. The molecule has 0 saturated heterocycles. The van der Waals surface area contributed by atoms with E-state index in [1.165, 1.54) is 10.4 Å². The Morgan fingerprint density at radius 3 is 2.39 bits per heavy atom. The van der Waals surface area contributed by atoms with Gasteiger partial charge in [-0.15, -0.1) is 0 Å². The zero-order valence-corrected chi connectivity index (χ0v) is 16.6. The lowest BCUT2D eigenvalue weighted by molar-refractivity contribution is -0.118. The molecular formula is C19H22F2N2O4S. The summed E-state index contributed by atoms with van der Waals surface area (Å²) in [4.78, 5) is 12.2. The Morgan fingerprint density at radius 1 is 1.11 bits per heavy atom. The van der Waals surface area contributed by atoms with E-state index in [0.717, 1.165) is 12.1 Å². The van der Waals surface area contributed by atoms with Gasteiger partial charge in [0, 0.05) is 24.8 Å². The Kier molecular flexibility index (Phi) is 7.09. The molecule has 28 heavy (non-hydrogen) atoms. The predicted molar refractivity (Wildman–Crippen MR) is 102 cm³/mol. The molecule has 0 bridgehead atoms. The normalized spacial score (nSPS) is 11.5. The Hall–Kier alpha value is -2.52. The van der Waals surface area contributed by atoms with Gasteiger partial charge in [-0.05, 0) is 36.8 Å². The van der Waals surface area contributed by atoms with E-state index in [1.807, 2.05) is 0 Å². The first-order valence-corrected chi connectivity index (χ1v) is 10.1. The summed E-state index contributed by atoms with van der Waals surface area (Å²) in [5.41, 5.74) is 0.819. The van der Waals surface area contributed by atoms with Gasteiger partial charge >= 0.3 is 0 Å². The van der Waals surface area contributed by atoms with E-state index in [4.69, 9.17) is 4.74 Å². The smallest absolute Gasteiger partial charge is 0.262 e. The van der Waals surface area contributed by atoms with Gasteiger partial charge < -0.3 is 10.1 Å². The van der Waals surface area contributed by atoms with Crippen molar-refractivity contribution in [3.05, 3.63) is 53.6 Å². The van der Waals surface area contributed by atoms with Gasteiger partial charge in [0.05, 0.1) is 4.90 Å². The van der Waals surface area contributed by atoms with Crippen molar-refractivity contribution in [2.75, 3.05) is 25.0 Å². The molecule has 0 heterocycles. The Morgan fingerprint density at radius 2 is 1.79 bits per heavy atom. The molecule has 0 radical (unpaired) electrons. The van der Waals surface area contributed by atoms with Crippen LogP contribution in [0.25, 0.3) is 0 Å². The highest BCUT2D eigenvalue weighted by Crippen LogP contribution is 2.24. The molecule has 6 nitrogen and oxygen atoms in total. The summed E-state index contributed by atoms with van der Waals surface area (Å²) in [5, 5.41) is 2.51. The number of rotatable bonds is 8. The third-order valence-corrected chi connectivity index (χ3v) is 6.24. The lowest BCUT2D eigenvalue weighted by atomic mass is 10.2. The number of carbonyl (C=O) groups is 1. The van der Waals surface area contributed by atoms with Gasteiger partial charge in [0.2, 0.25) is 10.0 Å². The van der Waals surface area contributed by atoms with E-state index in [-0.39, 0.29) is 16.3 Å². The molecule has 0 saturated carbocycles. The molecule has 0 aliphatic rings. The van der Waals surface area contributed by atoms with E-state index >= 15 is 0 Å². The van der Waals surface area contributed by atoms with Crippen LogP contribution in [0.4, 0.5) is 14.5 Å². The van der Waals surface area contributed by atoms with Crippen LogP contribution in [0.3, 0.4) is 0 Å². The molecule has 0 aliphatic carbocycles. The molecule has 9 heteroatoms. The number of anilines is 1. The molecular weight excluding hydrogens is 390 g/mol. The molecule has 2 aromatic carbocycles. The van der Waals surface area contributed by atoms with Crippen LogP contribution in [-0.4, -0.2) is 38.3 Å². The number of aryl methyl sites for hydroxylation is 1. The number of halogens is 2. The standard InChI is InChI=1S/C19H22F2N2O4S/c1-4-23(5-2)28(25,26)18-11-15(8-6-13(18)3)22-19(24)12-27-17-9-7-14(20)10-16(17)21/h6-11H,4-5,12H2,1-3H3,(H,22,24). The van der Waals surface area contributed by atoms with E-state index in [2.05, 4.69) is 5.32 Å².